The molecule has 0 bridgehead atoms. The van der Waals surface area contributed by atoms with Crippen molar-refractivity contribution in [3.63, 3.8) is 0 Å². The molecule has 0 aromatic rings. The molecule has 1 amide bonds. The van der Waals surface area contributed by atoms with Gasteiger partial charge in [0.05, 0.1) is 13.0 Å². The van der Waals surface area contributed by atoms with E-state index in [1.54, 1.807) is 0 Å². The second kappa shape index (κ2) is 3.67. The molecule has 1 saturated heterocycles. The second-order valence-electron chi connectivity index (χ2n) is 2.93. The van der Waals surface area contributed by atoms with E-state index in [1.165, 1.54) is 19.1 Å². The number of nitrogens with zero attached hydrogens (tertiary/aromatic N) is 1. The van der Waals surface area contributed by atoms with Crippen LogP contribution in [0.4, 0.5) is 0 Å². The Balaban J connectivity index is 2.66. The monoisotopic (exact) mass is 171 g/mol. The number of hydrogen-bond acceptors (Lipinski definition) is 3. The summed E-state index contributed by atoms with van der Waals surface area (Å²) < 4.78 is 0. The summed E-state index contributed by atoms with van der Waals surface area (Å²) in [5.41, 5.74) is 0. The van der Waals surface area contributed by atoms with Gasteiger partial charge in [0.25, 0.3) is 5.91 Å². The van der Waals surface area contributed by atoms with Crippen molar-refractivity contribution in [2.75, 3.05) is 13.7 Å². The van der Waals surface area contributed by atoms with Gasteiger partial charge < -0.3 is 0 Å². The predicted octanol–water partition coefficient (Wildman–Crippen LogP) is 0.375. The van der Waals surface area contributed by atoms with Gasteiger partial charge in [-0.15, -0.1) is 0 Å². The van der Waals surface area contributed by atoms with Gasteiger partial charge in [-0.25, -0.2) is 5.06 Å². The second-order valence-corrected chi connectivity index (χ2v) is 2.93. The van der Waals surface area contributed by atoms with Gasteiger partial charge in [-0.2, -0.15) is 0 Å². The van der Waals surface area contributed by atoms with Crippen LogP contribution in [0.1, 0.15) is 19.8 Å². The third-order valence-electron chi connectivity index (χ3n) is 2.11. The summed E-state index contributed by atoms with van der Waals surface area (Å²) in [6.07, 6.45) is 1.50. The normalized spacial score (nSPS) is 24.3. The van der Waals surface area contributed by atoms with Gasteiger partial charge in [0.2, 0.25) is 0 Å². The minimum Gasteiger partial charge on any atom is -0.299 e. The van der Waals surface area contributed by atoms with Crippen LogP contribution < -0.4 is 0 Å². The Morgan fingerprint density at radius 1 is 1.67 bits per heavy atom. The Morgan fingerprint density at radius 3 is 2.83 bits per heavy atom. The molecule has 1 heterocycles. The van der Waals surface area contributed by atoms with Crippen LogP contribution in [0, 0.1) is 5.92 Å². The van der Waals surface area contributed by atoms with E-state index in [-0.39, 0.29) is 11.7 Å². The number of Topliss-reactive ketones (excluding diaryl/α,β-unsaturated/α-hetero) is 1. The lowest BCUT2D eigenvalue weighted by molar-refractivity contribution is -0.187. The summed E-state index contributed by atoms with van der Waals surface area (Å²) in [4.78, 5) is 27.2. The Kier molecular flexibility index (Phi) is 2.81. The van der Waals surface area contributed by atoms with Gasteiger partial charge in [0.15, 0.2) is 0 Å². The molecule has 0 aromatic heterocycles. The van der Waals surface area contributed by atoms with Gasteiger partial charge in [-0.3, -0.25) is 14.4 Å². The zero-order valence-corrected chi connectivity index (χ0v) is 7.37. The van der Waals surface area contributed by atoms with E-state index in [4.69, 9.17) is 4.84 Å². The molecule has 0 saturated carbocycles. The molecule has 1 fully saturated rings. The van der Waals surface area contributed by atoms with Gasteiger partial charge in [-0.05, 0) is 19.8 Å². The fourth-order valence-corrected chi connectivity index (χ4v) is 1.40. The molecule has 1 aliphatic heterocycles. The zero-order chi connectivity index (χ0) is 9.14. The molecule has 4 heteroatoms. The van der Waals surface area contributed by atoms with Crippen molar-refractivity contribution in [2.24, 2.45) is 5.92 Å². The smallest absolute Gasteiger partial charge is 0.256 e. The first-order chi connectivity index (χ1) is 5.66. The maximum atomic E-state index is 11.4. The largest absolute Gasteiger partial charge is 0.299 e. The van der Waals surface area contributed by atoms with Gasteiger partial charge >= 0.3 is 0 Å². The van der Waals surface area contributed by atoms with E-state index >= 15 is 0 Å². The first-order valence-electron chi connectivity index (χ1n) is 4.02. The van der Waals surface area contributed by atoms with Crippen LogP contribution in [0.25, 0.3) is 0 Å². The van der Waals surface area contributed by atoms with Crippen LogP contribution in [0.5, 0.6) is 0 Å². The third kappa shape index (κ3) is 1.64. The van der Waals surface area contributed by atoms with Crippen molar-refractivity contribution < 1.29 is 14.4 Å². The van der Waals surface area contributed by atoms with Crippen LogP contribution in [0.15, 0.2) is 0 Å². The highest BCUT2D eigenvalue weighted by Gasteiger charge is 2.31. The molecule has 12 heavy (non-hydrogen) atoms. The number of hydroxylamine groups is 2. The molecule has 0 radical (unpaired) electrons. The number of piperidine rings is 1. The Labute approximate surface area is 71.4 Å². The van der Waals surface area contributed by atoms with Crippen LogP contribution >= 0.6 is 0 Å². The molecule has 1 aliphatic rings. The van der Waals surface area contributed by atoms with Crippen LogP contribution in [0.3, 0.4) is 0 Å². The van der Waals surface area contributed by atoms with Crippen molar-refractivity contribution in [2.45, 2.75) is 19.8 Å². The number of hydrogen-bond donors (Lipinski definition) is 0. The average Bonchev–Trinajstić information content (AvgIpc) is 2.04. The first-order valence-corrected chi connectivity index (χ1v) is 4.02. The maximum absolute atomic E-state index is 11.4. The summed E-state index contributed by atoms with van der Waals surface area (Å²) in [6.45, 7) is 2.04. The highest BCUT2D eigenvalue weighted by Crippen LogP contribution is 2.18. The molecule has 1 unspecified atom stereocenters. The number of ketones is 1. The molecule has 68 valence electrons. The highest BCUT2D eigenvalue weighted by molar-refractivity contribution is 6.00. The van der Waals surface area contributed by atoms with Crippen LogP contribution in [0.2, 0.25) is 0 Å². The lowest BCUT2D eigenvalue weighted by Crippen LogP contribution is -2.42. The molecule has 0 aromatic carbocycles. The molecular formula is C8H13NO3. The van der Waals surface area contributed by atoms with Crippen LogP contribution in [-0.4, -0.2) is 30.4 Å². The van der Waals surface area contributed by atoms with Crippen molar-refractivity contribution >= 4 is 11.7 Å². The van der Waals surface area contributed by atoms with Crippen molar-refractivity contribution in [3.05, 3.63) is 0 Å². The SMILES string of the molecule is CON1CCCC(C(C)=O)C1=O. The number of carbonyl (C=O) groups excluding carboxylic acids is 2. The number of carbonyl (C=O) groups is 2. The van der Waals surface area contributed by atoms with Gasteiger partial charge in [0, 0.05) is 6.54 Å². The van der Waals surface area contributed by atoms with Crippen molar-refractivity contribution in [3.8, 4) is 0 Å². The summed E-state index contributed by atoms with van der Waals surface area (Å²) in [5.74, 6) is -0.739. The van der Waals surface area contributed by atoms with E-state index in [0.717, 1.165) is 6.42 Å². The summed E-state index contributed by atoms with van der Waals surface area (Å²) >= 11 is 0. The molecule has 1 rings (SSSR count). The van der Waals surface area contributed by atoms with Crippen molar-refractivity contribution in [1.82, 2.24) is 5.06 Å². The molecule has 0 spiro atoms. The Hall–Kier alpha value is -0.900. The fraction of sp³-hybridized carbons (Fsp3) is 0.750. The third-order valence-corrected chi connectivity index (χ3v) is 2.11. The standard InChI is InChI=1S/C8H13NO3/c1-6(10)7-4-3-5-9(12-2)8(7)11/h7H,3-5H2,1-2H3. The molecule has 1 atom stereocenters. The summed E-state index contributed by atoms with van der Waals surface area (Å²) in [5, 5.41) is 1.26. The Bertz CT molecular complexity index is 202. The molecule has 4 nitrogen and oxygen atoms in total. The predicted molar refractivity (Wildman–Crippen MR) is 42.1 cm³/mol. The van der Waals surface area contributed by atoms with Crippen LogP contribution in [-0.2, 0) is 14.4 Å². The quantitative estimate of drug-likeness (QED) is 0.564. The minimum atomic E-state index is -0.473. The van der Waals surface area contributed by atoms with Gasteiger partial charge in [0.1, 0.15) is 5.78 Å². The van der Waals surface area contributed by atoms with E-state index in [9.17, 15) is 9.59 Å². The average molecular weight is 171 g/mol. The summed E-state index contributed by atoms with van der Waals surface area (Å²) in [7, 11) is 1.44. The minimum absolute atomic E-state index is 0.0678. The number of rotatable bonds is 2. The zero-order valence-electron chi connectivity index (χ0n) is 7.37. The maximum Gasteiger partial charge on any atom is 0.256 e. The Morgan fingerprint density at radius 2 is 2.33 bits per heavy atom. The molecule has 0 N–H and O–H groups in total. The van der Waals surface area contributed by atoms with Crippen molar-refractivity contribution in [1.29, 1.82) is 0 Å². The van der Waals surface area contributed by atoms with E-state index in [2.05, 4.69) is 0 Å². The lowest BCUT2D eigenvalue weighted by Gasteiger charge is -2.28. The fourth-order valence-electron chi connectivity index (χ4n) is 1.40. The molecule has 0 aliphatic carbocycles. The van der Waals surface area contributed by atoms with E-state index in [0.29, 0.717) is 13.0 Å². The van der Waals surface area contributed by atoms with E-state index < -0.39 is 5.92 Å². The topological polar surface area (TPSA) is 46.6 Å². The first kappa shape index (κ1) is 9.19. The van der Waals surface area contributed by atoms with E-state index in [1.807, 2.05) is 0 Å². The van der Waals surface area contributed by atoms with Gasteiger partial charge in [-0.1, -0.05) is 0 Å². The number of amides is 1. The highest BCUT2D eigenvalue weighted by atomic mass is 16.7. The summed E-state index contributed by atoms with van der Waals surface area (Å²) in [6, 6.07) is 0. The lowest BCUT2D eigenvalue weighted by atomic mass is 9.95. The molecular weight excluding hydrogens is 158 g/mol.